The molecule has 0 saturated heterocycles. The fourth-order valence-electron chi connectivity index (χ4n) is 4.17. The smallest absolute Gasteiger partial charge is 0.0364 e. The summed E-state index contributed by atoms with van der Waals surface area (Å²) in [5.41, 5.74) is 12.1. The highest BCUT2D eigenvalue weighted by molar-refractivity contribution is 9.13. The van der Waals surface area contributed by atoms with Crippen LogP contribution in [0.4, 0.5) is 0 Å². The molecule has 3 heteroatoms. The van der Waals surface area contributed by atoms with Gasteiger partial charge in [-0.25, -0.2) is 0 Å². The first kappa shape index (κ1) is 14.0. The quantitative estimate of drug-likeness (QED) is 0.624. The summed E-state index contributed by atoms with van der Waals surface area (Å²) in [5.74, 6) is 0. The molecule has 0 bridgehead atoms. The van der Waals surface area contributed by atoms with Crippen molar-refractivity contribution in [1.82, 2.24) is 0 Å². The zero-order chi connectivity index (χ0) is 14.6. The van der Waals surface area contributed by atoms with Crippen LogP contribution in [0.3, 0.4) is 0 Å². The lowest BCUT2D eigenvalue weighted by atomic mass is 9.67. The third-order valence-corrected chi connectivity index (χ3v) is 7.21. The van der Waals surface area contributed by atoms with Gasteiger partial charge in [0.15, 0.2) is 0 Å². The number of hydrogen-bond donors (Lipinski definition) is 1. The van der Waals surface area contributed by atoms with Gasteiger partial charge in [0.25, 0.3) is 0 Å². The summed E-state index contributed by atoms with van der Waals surface area (Å²) in [7, 11) is 0. The molecule has 0 radical (unpaired) electrons. The van der Waals surface area contributed by atoms with Crippen molar-refractivity contribution in [3.05, 3.63) is 56.5 Å². The van der Waals surface area contributed by atoms with E-state index in [4.69, 9.17) is 5.73 Å². The molecule has 4 rings (SSSR count). The van der Waals surface area contributed by atoms with Crippen LogP contribution in [0.5, 0.6) is 0 Å². The summed E-state index contributed by atoms with van der Waals surface area (Å²) >= 11 is 7.52. The van der Waals surface area contributed by atoms with Gasteiger partial charge in [-0.05, 0) is 85.9 Å². The maximum absolute atomic E-state index is 6.17. The Morgan fingerprint density at radius 1 is 0.952 bits per heavy atom. The maximum atomic E-state index is 6.17. The van der Waals surface area contributed by atoms with Gasteiger partial charge >= 0.3 is 0 Å². The summed E-state index contributed by atoms with van der Waals surface area (Å²) in [5, 5.41) is 0. The Bertz CT molecular complexity index is 715. The maximum Gasteiger partial charge on any atom is 0.0364 e. The SMILES string of the molecule is NC1CCC2(CC1)c1ccccc1-c1ccc(Br)c(Br)c12. The largest absolute Gasteiger partial charge is 0.328 e. The van der Waals surface area contributed by atoms with Crippen molar-refractivity contribution in [2.75, 3.05) is 0 Å². The van der Waals surface area contributed by atoms with E-state index in [1.54, 1.807) is 0 Å². The van der Waals surface area contributed by atoms with Crippen LogP contribution in [0, 0.1) is 0 Å². The van der Waals surface area contributed by atoms with Crippen molar-refractivity contribution in [3.63, 3.8) is 0 Å². The van der Waals surface area contributed by atoms with Crippen molar-refractivity contribution in [2.45, 2.75) is 37.1 Å². The van der Waals surface area contributed by atoms with E-state index < -0.39 is 0 Å². The Hall–Kier alpha value is -0.640. The van der Waals surface area contributed by atoms with Crippen molar-refractivity contribution >= 4 is 31.9 Å². The highest BCUT2D eigenvalue weighted by Gasteiger charge is 2.46. The Kier molecular flexibility index (Phi) is 3.29. The third kappa shape index (κ3) is 1.90. The molecule has 1 fully saturated rings. The minimum absolute atomic E-state index is 0.143. The summed E-state index contributed by atoms with van der Waals surface area (Å²) in [6, 6.07) is 13.7. The second-order valence-electron chi connectivity index (χ2n) is 6.25. The summed E-state index contributed by atoms with van der Waals surface area (Å²) < 4.78 is 2.36. The molecule has 2 aliphatic rings. The van der Waals surface area contributed by atoms with Crippen LogP contribution in [-0.4, -0.2) is 6.04 Å². The zero-order valence-electron chi connectivity index (χ0n) is 11.7. The lowest BCUT2D eigenvalue weighted by molar-refractivity contribution is 0.320. The zero-order valence-corrected chi connectivity index (χ0v) is 14.9. The van der Waals surface area contributed by atoms with E-state index in [0.29, 0.717) is 6.04 Å². The molecule has 0 aliphatic heterocycles. The second-order valence-corrected chi connectivity index (χ2v) is 7.90. The molecule has 2 aromatic carbocycles. The van der Waals surface area contributed by atoms with Gasteiger partial charge in [-0.15, -0.1) is 0 Å². The van der Waals surface area contributed by atoms with Crippen LogP contribution in [-0.2, 0) is 5.41 Å². The molecule has 21 heavy (non-hydrogen) atoms. The van der Waals surface area contributed by atoms with Crippen LogP contribution >= 0.6 is 31.9 Å². The van der Waals surface area contributed by atoms with Crippen molar-refractivity contribution in [2.24, 2.45) is 5.73 Å². The molecular weight excluding hydrogens is 390 g/mol. The summed E-state index contributed by atoms with van der Waals surface area (Å²) in [4.78, 5) is 0. The van der Waals surface area contributed by atoms with E-state index in [2.05, 4.69) is 68.3 Å². The molecule has 2 aliphatic carbocycles. The molecule has 0 heterocycles. The molecule has 2 N–H and O–H groups in total. The van der Waals surface area contributed by atoms with E-state index in [9.17, 15) is 0 Å². The number of fused-ring (bicyclic) bond motifs is 5. The normalized spacial score (nSPS) is 26.7. The van der Waals surface area contributed by atoms with Gasteiger partial charge in [0, 0.05) is 20.4 Å². The molecular formula is C18H17Br2N. The van der Waals surface area contributed by atoms with Crippen molar-refractivity contribution < 1.29 is 0 Å². The van der Waals surface area contributed by atoms with Gasteiger partial charge in [-0.3, -0.25) is 0 Å². The van der Waals surface area contributed by atoms with Crippen LogP contribution < -0.4 is 5.73 Å². The Morgan fingerprint density at radius 3 is 2.43 bits per heavy atom. The number of hydrogen-bond acceptors (Lipinski definition) is 1. The van der Waals surface area contributed by atoms with Crippen LogP contribution in [0.25, 0.3) is 11.1 Å². The van der Waals surface area contributed by atoms with Gasteiger partial charge in [0.1, 0.15) is 0 Å². The van der Waals surface area contributed by atoms with Crippen molar-refractivity contribution in [3.8, 4) is 11.1 Å². The lowest BCUT2D eigenvalue weighted by Crippen LogP contribution is -2.36. The minimum atomic E-state index is 0.143. The van der Waals surface area contributed by atoms with Gasteiger partial charge in [-0.1, -0.05) is 30.3 Å². The monoisotopic (exact) mass is 405 g/mol. The average molecular weight is 407 g/mol. The molecule has 1 nitrogen and oxygen atoms in total. The summed E-state index contributed by atoms with van der Waals surface area (Å²) in [6.45, 7) is 0. The third-order valence-electron chi connectivity index (χ3n) is 5.19. The first-order valence-corrected chi connectivity index (χ1v) is 9.06. The van der Waals surface area contributed by atoms with E-state index in [0.717, 1.165) is 30.2 Å². The number of rotatable bonds is 0. The standard InChI is InChI=1S/C18H17Br2N/c19-15-6-5-13-12-3-1-2-4-14(12)18(16(13)17(15)20)9-7-11(21)8-10-18/h1-6,11H,7-10,21H2. The van der Waals surface area contributed by atoms with Gasteiger partial charge < -0.3 is 5.73 Å². The number of halogens is 2. The molecule has 0 atom stereocenters. The average Bonchev–Trinajstić information content (AvgIpc) is 2.78. The molecule has 0 amide bonds. The van der Waals surface area contributed by atoms with E-state index in [1.165, 1.54) is 26.7 Å². The molecule has 0 aromatic heterocycles. The Labute approximate surface area is 142 Å². The second kappa shape index (κ2) is 4.94. The lowest BCUT2D eigenvalue weighted by Gasteiger charge is -2.38. The Morgan fingerprint density at radius 2 is 1.67 bits per heavy atom. The first-order chi connectivity index (χ1) is 10.1. The predicted octanol–water partition coefficient (Wildman–Crippen LogP) is 5.38. The molecule has 1 spiro atoms. The first-order valence-electron chi connectivity index (χ1n) is 7.47. The highest BCUT2D eigenvalue weighted by Crippen LogP contribution is 2.58. The van der Waals surface area contributed by atoms with E-state index in [1.807, 2.05) is 0 Å². The topological polar surface area (TPSA) is 26.0 Å². The van der Waals surface area contributed by atoms with Crippen LogP contribution in [0.2, 0.25) is 0 Å². The van der Waals surface area contributed by atoms with Crippen LogP contribution in [0.15, 0.2) is 45.3 Å². The molecule has 2 aromatic rings. The van der Waals surface area contributed by atoms with Gasteiger partial charge in [-0.2, -0.15) is 0 Å². The number of nitrogens with two attached hydrogens (primary N) is 1. The molecule has 1 saturated carbocycles. The molecule has 0 unspecified atom stereocenters. The van der Waals surface area contributed by atoms with Gasteiger partial charge in [0.2, 0.25) is 0 Å². The Balaban J connectivity index is 2.02. The van der Waals surface area contributed by atoms with Gasteiger partial charge in [0.05, 0.1) is 0 Å². The summed E-state index contributed by atoms with van der Waals surface area (Å²) in [6.07, 6.45) is 4.50. The molecule has 108 valence electrons. The van der Waals surface area contributed by atoms with E-state index in [-0.39, 0.29) is 5.41 Å². The highest BCUT2D eigenvalue weighted by atomic mass is 79.9. The van der Waals surface area contributed by atoms with Crippen LogP contribution in [0.1, 0.15) is 36.8 Å². The predicted molar refractivity (Wildman–Crippen MR) is 94.5 cm³/mol. The van der Waals surface area contributed by atoms with E-state index >= 15 is 0 Å². The van der Waals surface area contributed by atoms with Crippen molar-refractivity contribution in [1.29, 1.82) is 0 Å². The fourth-order valence-corrected chi connectivity index (χ4v) is 5.22. The number of benzene rings is 2. The fraction of sp³-hybridized carbons (Fsp3) is 0.333. The minimum Gasteiger partial charge on any atom is -0.328 e.